The summed E-state index contributed by atoms with van der Waals surface area (Å²) in [7, 11) is 1.53. The minimum absolute atomic E-state index is 0.00157. The number of anilines is 2. The molecule has 1 aliphatic heterocycles. The lowest BCUT2D eigenvalue weighted by Crippen LogP contribution is -2.63. The number of nitrogens with zero attached hydrogens (tertiary/aromatic N) is 6. The number of carbonyl (C=O) groups excluding carboxylic acids is 2. The number of aliphatic hydroxyl groups is 1. The molecule has 2 aromatic carbocycles. The minimum atomic E-state index is -1.97. The van der Waals surface area contributed by atoms with E-state index in [9.17, 15) is 24.6 Å². The number of phenolic OH excluding ortho intramolecular Hbond substituents is 1. The van der Waals surface area contributed by atoms with Crippen LogP contribution in [0.3, 0.4) is 0 Å². The van der Waals surface area contributed by atoms with Crippen LogP contribution in [0, 0.1) is 0 Å². The third kappa shape index (κ3) is 5.36. The maximum atomic E-state index is 13.9. The number of aromatic nitrogens is 5. The van der Waals surface area contributed by atoms with E-state index >= 15 is 0 Å². The van der Waals surface area contributed by atoms with Crippen LogP contribution >= 0.6 is 0 Å². The summed E-state index contributed by atoms with van der Waals surface area (Å²) in [5, 5.41) is 37.7. The maximum absolute atomic E-state index is 13.9. The van der Waals surface area contributed by atoms with E-state index < -0.39 is 30.1 Å². The van der Waals surface area contributed by atoms with Gasteiger partial charge >= 0.3 is 0 Å². The van der Waals surface area contributed by atoms with Crippen LogP contribution in [-0.2, 0) is 23.0 Å². The predicted molar refractivity (Wildman–Crippen MR) is 156 cm³/mol. The summed E-state index contributed by atoms with van der Waals surface area (Å²) in [5.74, 6) is -0.998. The van der Waals surface area contributed by atoms with Gasteiger partial charge in [-0.1, -0.05) is 23.4 Å². The molecule has 5 N–H and O–H groups in total. The molecule has 2 atom stereocenters. The average molecular weight is 601 g/mol. The van der Waals surface area contributed by atoms with Crippen molar-refractivity contribution in [3.8, 4) is 11.4 Å². The first kappa shape index (κ1) is 28.6. The van der Waals surface area contributed by atoms with E-state index in [1.165, 1.54) is 45.7 Å². The summed E-state index contributed by atoms with van der Waals surface area (Å²) in [4.78, 5) is 40.3. The summed E-state index contributed by atoms with van der Waals surface area (Å²) < 4.78 is 13.7. The highest BCUT2D eigenvalue weighted by molar-refractivity contribution is 5.98. The van der Waals surface area contributed by atoms with Crippen LogP contribution in [0.1, 0.15) is 15.9 Å². The van der Waals surface area contributed by atoms with Gasteiger partial charge in [0.25, 0.3) is 17.4 Å². The molecule has 0 aliphatic carbocycles. The van der Waals surface area contributed by atoms with Gasteiger partial charge < -0.3 is 30.5 Å². The van der Waals surface area contributed by atoms with Crippen molar-refractivity contribution in [3.63, 3.8) is 0 Å². The summed E-state index contributed by atoms with van der Waals surface area (Å²) in [6.07, 6.45) is 1.49. The van der Waals surface area contributed by atoms with Crippen molar-refractivity contribution in [3.05, 3.63) is 88.5 Å². The fourth-order valence-electron chi connectivity index (χ4n) is 5.09. The molecule has 3 aromatic heterocycles. The van der Waals surface area contributed by atoms with Crippen molar-refractivity contribution in [1.29, 1.82) is 0 Å². The number of nitrogen functional groups attached to an aromatic ring is 1. The first-order valence-electron chi connectivity index (χ1n) is 13.6. The van der Waals surface area contributed by atoms with Gasteiger partial charge in [-0.25, -0.2) is 9.36 Å². The second kappa shape index (κ2) is 11.3. The number of carbonyl (C=O) groups is 2. The lowest BCUT2D eigenvalue weighted by molar-refractivity contribution is -0.157. The molecular formula is C29H28N8O7. The molecule has 1 fully saturated rings. The van der Waals surface area contributed by atoms with Gasteiger partial charge in [0.15, 0.2) is 23.3 Å². The smallest absolute Gasteiger partial charge is 0.268 e. The molecule has 0 spiro atoms. The SMILES string of the molecule is Cn1ncc(-n2ccc(N3CCO[C@H](C(O)(CNC(=O)c4ccccc4O)Cc4ccc5c(N)noc5c4)C3=O)n2)cc1=O. The number of aromatic hydroxyl groups is 1. The van der Waals surface area contributed by atoms with Crippen molar-refractivity contribution in [2.45, 2.75) is 18.1 Å². The molecule has 0 bridgehead atoms. The molecule has 0 radical (unpaired) electrons. The Labute approximate surface area is 249 Å². The topological polar surface area (TPSA) is 204 Å². The molecule has 0 saturated carbocycles. The number of morpholine rings is 1. The minimum Gasteiger partial charge on any atom is -0.507 e. The zero-order chi connectivity index (χ0) is 31.0. The van der Waals surface area contributed by atoms with Crippen molar-refractivity contribution in [2.24, 2.45) is 7.05 Å². The first-order valence-corrected chi connectivity index (χ1v) is 13.6. The number of nitrogens with two attached hydrogens (primary N) is 1. The number of hydrogen-bond donors (Lipinski definition) is 4. The van der Waals surface area contributed by atoms with Gasteiger partial charge in [0.1, 0.15) is 11.4 Å². The standard InChI is InChI=1S/C29H28N8O7/c1-35-24(39)13-18(15-32-35)37-9-8-23(33-37)36-10-11-43-25(28(36)41)29(42,16-31-27(40)19-4-2-3-5-21(19)38)14-17-6-7-20-22(12-17)44-34-26(20)30/h2-9,12-13,15,25,38,42H,10-11,14,16H2,1H3,(H2,30,34)(H,31,40)/t25-,29?/m0/s1. The Morgan fingerprint density at radius 2 is 2.00 bits per heavy atom. The summed E-state index contributed by atoms with van der Waals surface area (Å²) in [5.41, 5.74) is 4.90. The van der Waals surface area contributed by atoms with Crippen molar-refractivity contribution in [1.82, 2.24) is 30.0 Å². The van der Waals surface area contributed by atoms with Crippen LogP contribution in [0.5, 0.6) is 5.75 Å². The second-order valence-electron chi connectivity index (χ2n) is 10.4. The van der Waals surface area contributed by atoms with Crippen LogP contribution in [0.4, 0.5) is 11.6 Å². The Hall–Kier alpha value is -5.54. The lowest BCUT2D eigenvalue weighted by Gasteiger charge is -2.40. The van der Waals surface area contributed by atoms with Crippen molar-refractivity contribution < 1.29 is 29.1 Å². The number of benzene rings is 2. The Kier molecular flexibility index (Phi) is 7.32. The molecule has 5 aromatic rings. The number of aryl methyl sites for hydroxylation is 1. The Bertz CT molecular complexity index is 1930. The van der Waals surface area contributed by atoms with Gasteiger partial charge in [-0.05, 0) is 29.8 Å². The Morgan fingerprint density at radius 3 is 2.80 bits per heavy atom. The summed E-state index contributed by atoms with van der Waals surface area (Å²) in [6, 6.07) is 14.0. The first-order chi connectivity index (χ1) is 21.1. The number of para-hydroxylation sites is 1. The highest BCUT2D eigenvalue weighted by Gasteiger charge is 2.47. The molecule has 4 heterocycles. The Balaban J connectivity index is 1.30. The van der Waals surface area contributed by atoms with E-state index in [1.54, 1.807) is 42.6 Å². The molecule has 15 heteroatoms. The summed E-state index contributed by atoms with van der Waals surface area (Å²) in [6.45, 7) is -0.205. The molecule has 1 aliphatic rings. The number of rotatable bonds is 8. The third-order valence-corrected chi connectivity index (χ3v) is 7.43. The van der Waals surface area contributed by atoms with Crippen LogP contribution in [-0.4, -0.2) is 78.1 Å². The molecule has 2 amide bonds. The normalized spacial score (nSPS) is 16.6. The van der Waals surface area contributed by atoms with E-state index in [-0.39, 0.29) is 48.1 Å². The number of fused-ring (bicyclic) bond motifs is 1. The third-order valence-electron chi connectivity index (χ3n) is 7.43. The fourth-order valence-corrected chi connectivity index (χ4v) is 5.09. The van der Waals surface area contributed by atoms with Gasteiger partial charge in [0.05, 0.1) is 42.5 Å². The largest absolute Gasteiger partial charge is 0.507 e. The van der Waals surface area contributed by atoms with E-state index in [1.807, 2.05) is 0 Å². The van der Waals surface area contributed by atoms with Crippen molar-refractivity contribution >= 4 is 34.4 Å². The van der Waals surface area contributed by atoms with Gasteiger partial charge in [-0.3, -0.25) is 19.3 Å². The second-order valence-corrected chi connectivity index (χ2v) is 10.4. The molecule has 226 valence electrons. The molecular weight excluding hydrogens is 572 g/mol. The molecule has 15 nitrogen and oxygen atoms in total. The Morgan fingerprint density at radius 1 is 1.18 bits per heavy atom. The van der Waals surface area contributed by atoms with Gasteiger partial charge in [0, 0.05) is 31.8 Å². The zero-order valence-electron chi connectivity index (χ0n) is 23.5. The van der Waals surface area contributed by atoms with E-state index in [2.05, 4.69) is 20.7 Å². The van der Waals surface area contributed by atoms with Crippen molar-refractivity contribution in [2.75, 3.05) is 30.3 Å². The summed E-state index contributed by atoms with van der Waals surface area (Å²) >= 11 is 0. The number of nitrogens with one attached hydrogen (secondary N) is 1. The fraction of sp³-hybridized carbons (Fsp3) is 0.241. The van der Waals surface area contributed by atoms with E-state index in [0.717, 1.165) is 0 Å². The monoisotopic (exact) mass is 600 g/mol. The molecule has 6 rings (SSSR count). The average Bonchev–Trinajstić information content (AvgIpc) is 3.65. The van der Waals surface area contributed by atoms with E-state index in [0.29, 0.717) is 22.2 Å². The predicted octanol–water partition coefficient (Wildman–Crippen LogP) is 0.531. The molecule has 1 unspecified atom stereocenters. The maximum Gasteiger partial charge on any atom is 0.268 e. The molecule has 1 saturated heterocycles. The number of phenols is 1. The van der Waals surface area contributed by atoms with Gasteiger partial charge in [0.2, 0.25) is 0 Å². The van der Waals surface area contributed by atoms with Gasteiger partial charge in [-0.15, -0.1) is 5.10 Å². The van der Waals surface area contributed by atoms with Crippen LogP contribution in [0.15, 0.2) is 76.3 Å². The quantitative estimate of drug-likeness (QED) is 0.193. The highest BCUT2D eigenvalue weighted by Crippen LogP contribution is 2.29. The van der Waals surface area contributed by atoms with Crippen LogP contribution in [0.2, 0.25) is 0 Å². The number of ether oxygens (including phenoxy) is 1. The molecule has 44 heavy (non-hydrogen) atoms. The number of hydrogen-bond acceptors (Lipinski definition) is 11. The zero-order valence-corrected chi connectivity index (χ0v) is 23.5. The van der Waals surface area contributed by atoms with E-state index in [4.69, 9.17) is 15.0 Å². The number of amides is 2. The highest BCUT2D eigenvalue weighted by atomic mass is 16.5. The van der Waals surface area contributed by atoms with Crippen LogP contribution < -0.4 is 21.5 Å². The van der Waals surface area contributed by atoms with Gasteiger partial charge in [-0.2, -0.15) is 5.10 Å². The lowest BCUT2D eigenvalue weighted by atomic mass is 9.86. The van der Waals surface area contributed by atoms with Crippen LogP contribution in [0.25, 0.3) is 16.7 Å².